The van der Waals surface area contributed by atoms with E-state index >= 15 is 0 Å². The maximum absolute atomic E-state index is 11.5. The highest BCUT2D eigenvalue weighted by molar-refractivity contribution is 9.10. The summed E-state index contributed by atoms with van der Waals surface area (Å²) in [6, 6.07) is 3.71. The van der Waals surface area contributed by atoms with Crippen LogP contribution in [0.5, 0.6) is 5.75 Å². The molecule has 0 radical (unpaired) electrons. The lowest BCUT2D eigenvalue weighted by molar-refractivity contribution is -0.129. The summed E-state index contributed by atoms with van der Waals surface area (Å²) in [7, 11) is 0. The van der Waals surface area contributed by atoms with Crippen molar-refractivity contribution in [3.8, 4) is 11.8 Å². The van der Waals surface area contributed by atoms with Gasteiger partial charge in [-0.2, -0.15) is 5.26 Å². The first-order valence-corrected chi connectivity index (χ1v) is 6.40. The van der Waals surface area contributed by atoms with E-state index in [0.29, 0.717) is 18.8 Å². The fraction of sp³-hybridized carbons (Fsp3) is 0.417. The molecule has 5 nitrogen and oxygen atoms in total. The van der Waals surface area contributed by atoms with Crippen molar-refractivity contribution in [3.05, 3.63) is 22.9 Å². The first kappa shape index (κ1) is 12.8. The van der Waals surface area contributed by atoms with Crippen LogP contribution in [0.3, 0.4) is 0 Å². The standard InChI is InChI=1S/C12H12BrN3O2/c13-9-5-11(7-15-6-9)18-10-2-4-16(8-10)12(17)1-3-14/h5-7,10H,1-2,4,8H2/t10-/m1/s1. The van der Waals surface area contributed by atoms with Gasteiger partial charge >= 0.3 is 0 Å². The quantitative estimate of drug-likeness (QED) is 0.853. The van der Waals surface area contributed by atoms with Gasteiger partial charge in [-0.25, -0.2) is 0 Å². The van der Waals surface area contributed by atoms with Gasteiger partial charge < -0.3 is 9.64 Å². The van der Waals surface area contributed by atoms with Crippen LogP contribution in [-0.4, -0.2) is 35.0 Å². The van der Waals surface area contributed by atoms with Gasteiger partial charge in [0.25, 0.3) is 0 Å². The van der Waals surface area contributed by atoms with E-state index in [9.17, 15) is 4.79 Å². The maximum Gasteiger partial charge on any atom is 0.236 e. The van der Waals surface area contributed by atoms with Crippen molar-refractivity contribution >= 4 is 21.8 Å². The molecular weight excluding hydrogens is 298 g/mol. The number of aromatic nitrogens is 1. The molecule has 94 valence electrons. The summed E-state index contributed by atoms with van der Waals surface area (Å²) in [6.45, 7) is 1.18. The van der Waals surface area contributed by atoms with E-state index in [-0.39, 0.29) is 18.4 Å². The molecule has 0 saturated carbocycles. The number of hydrogen-bond acceptors (Lipinski definition) is 4. The second-order valence-electron chi connectivity index (χ2n) is 4.04. The summed E-state index contributed by atoms with van der Waals surface area (Å²) < 4.78 is 6.60. The second kappa shape index (κ2) is 5.83. The summed E-state index contributed by atoms with van der Waals surface area (Å²) in [5, 5.41) is 8.49. The number of nitrogens with zero attached hydrogens (tertiary/aromatic N) is 3. The highest BCUT2D eigenvalue weighted by Crippen LogP contribution is 2.21. The van der Waals surface area contributed by atoms with Gasteiger partial charge in [-0.1, -0.05) is 0 Å². The molecular formula is C12H12BrN3O2. The summed E-state index contributed by atoms with van der Waals surface area (Å²) in [5.41, 5.74) is 0. The van der Waals surface area contributed by atoms with Crippen LogP contribution < -0.4 is 4.74 Å². The van der Waals surface area contributed by atoms with Crippen molar-refractivity contribution in [1.29, 1.82) is 5.26 Å². The van der Waals surface area contributed by atoms with Gasteiger partial charge in [0, 0.05) is 23.6 Å². The third-order valence-corrected chi connectivity index (χ3v) is 3.14. The van der Waals surface area contributed by atoms with Gasteiger partial charge in [0.1, 0.15) is 18.3 Å². The topological polar surface area (TPSA) is 66.2 Å². The molecule has 1 saturated heterocycles. The first-order valence-electron chi connectivity index (χ1n) is 5.61. The van der Waals surface area contributed by atoms with Gasteiger partial charge in [0.05, 0.1) is 18.8 Å². The van der Waals surface area contributed by atoms with Crippen molar-refractivity contribution in [1.82, 2.24) is 9.88 Å². The summed E-state index contributed by atoms with van der Waals surface area (Å²) in [6.07, 6.45) is 4.02. The van der Waals surface area contributed by atoms with Crippen molar-refractivity contribution in [2.45, 2.75) is 18.9 Å². The zero-order valence-corrected chi connectivity index (χ0v) is 11.3. The van der Waals surface area contributed by atoms with Crippen molar-refractivity contribution in [2.24, 2.45) is 0 Å². The normalized spacial score (nSPS) is 18.4. The Morgan fingerprint density at radius 2 is 2.50 bits per heavy atom. The van der Waals surface area contributed by atoms with E-state index in [1.54, 1.807) is 17.3 Å². The predicted molar refractivity (Wildman–Crippen MR) is 67.8 cm³/mol. The summed E-state index contributed by atoms with van der Waals surface area (Å²) >= 11 is 3.32. The lowest BCUT2D eigenvalue weighted by atomic mass is 10.3. The Hall–Kier alpha value is -1.61. The number of nitriles is 1. The molecule has 0 bridgehead atoms. The zero-order valence-electron chi connectivity index (χ0n) is 9.67. The van der Waals surface area contributed by atoms with Gasteiger partial charge in [0.2, 0.25) is 5.91 Å². The molecule has 0 unspecified atom stereocenters. The summed E-state index contributed by atoms with van der Waals surface area (Å²) in [4.78, 5) is 17.2. The number of halogens is 1. The molecule has 2 heterocycles. The Morgan fingerprint density at radius 3 is 3.22 bits per heavy atom. The number of ether oxygens (including phenoxy) is 1. The van der Waals surface area contributed by atoms with Crippen LogP contribution in [0.25, 0.3) is 0 Å². The molecule has 0 aromatic carbocycles. The van der Waals surface area contributed by atoms with Crippen molar-refractivity contribution in [3.63, 3.8) is 0 Å². The van der Waals surface area contributed by atoms with E-state index in [2.05, 4.69) is 20.9 Å². The van der Waals surface area contributed by atoms with Crippen LogP contribution in [0, 0.1) is 11.3 Å². The number of amides is 1. The molecule has 1 aromatic heterocycles. The lowest BCUT2D eigenvalue weighted by Crippen LogP contribution is -2.30. The van der Waals surface area contributed by atoms with Crippen LogP contribution in [0.15, 0.2) is 22.9 Å². The highest BCUT2D eigenvalue weighted by atomic mass is 79.9. The van der Waals surface area contributed by atoms with Gasteiger partial charge in [0.15, 0.2) is 0 Å². The van der Waals surface area contributed by atoms with Gasteiger partial charge in [-0.3, -0.25) is 9.78 Å². The third kappa shape index (κ3) is 3.20. The van der Waals surface area contributed by atoms with Crippen molar-refractivity contribution < 1.29 is 9.53 Å². The van der Waals surface area contributed by atoms with Crippen LogP contribution in [0.2, 0.25) is 0 Å². The second-order valence-corrected chi connectivity index (χ2v) is 4.96. The molecule has 1 fully saturated rings. The molecule has 1 amide bonds. The van der Waals surface area contributed by atoms with Gasteiger partial charge in [-0.05, 0) is 22.0 Å². The van der Waals surface area contributed by atoms with Crippen LogP contribution >= 0.6 is 15.9 Å². The Balaban J connectivity index is 1.90. The monoisotopic (exact) mass is 309 g/mol. The van der Waals surface area contributed by atoms with E-state index in [0.717, 1.165) is 10.9 Å². The van der Waals surface area contributed by atoms with Crippen LogP contribution in [0.4, 0.5) is 0 Å². The maximum atomic E-state index is 11.5. The van der Waals surface area contributed by atoms with Crippen LogP contribution in [-0.2, 0) is 4.79 Å². The smallest absolute Gasteiger partial charge is 0.236 e. The minimum atomic E-state index is -0.129. The Kier molecular flexibility index (Phi) is 4.15. The van der Waals surface area contributed by atoms with Crippen molar-refractivity contribution in [2.75, 3.05) is 13.1 Å². The van der Waals surface area contributed by atoms with E-state index in [1.807, 2.05) is 12.1 Å². The Morgan fingerprint density at radius 1 is 1.67 bits per heavy atom. The average molecular weight is 310 g/mol. The first-order chi connectivity index (χ1) is 8.69. The molecule has 0 aliphatic carbocycles. The molecule has 0 N–H and O–H groups in total. The molecule has 0 spiro atoms. The third-order valence-electron chi connectivity index (χ3n) is 2.71. The van der Waals surface area contributed by atoms with Gasteiger partial charge in [-0.15, -0.1) is 0 Å². The molecule has 1 aliphatic rings. The highest BCUT2D eigenvalue weighted by Gasteiger charge is 2.27. The number of rotatable bonds is 3. The van der Waals surface area contributed by atoms with E-state index in [4.69, 9.17) is 10.00 Å². The largest absolute Gasteiger partial charge is 0.487 e. The SMILES string of the molecule is N#CCC(=O)N1CC[C@@H](Oc2cncc(Br)c2)C1. The predicted octanol–water partition coefficient (Wildman–Crippen LogP) is 1.74. The van der Waals surface area contributed by atoms with Crippen LogP contribution in [0.1, 0.15) is 12.8 Å². The number of likely N-dealkylation sites (tertiary alicyclic amines) is 1. The minimum absolute atomic E-state index is 0.0243. The molecule has 1 aliphatic heterocycles. The molecule has 6 heteroatoms. The summed E-state index contributed by atoms with van der Waals surface area (Å²) in [5.74, 6) is 0.555. The molecule has 1 aromatic rings. The average Bonchev–Trinajstić information content (AvgIpc) is 2.78. The molecule has 1 atom stereocenters. The number of carbonyl (C=O) groups excluding carboxylic acids is 1. The zero-order chi connectivity index (χ0) is 13.0. The van der Waals surface area contributed by atoms with E-state index < -0.39 is 0 Å². The lowest BCUT2D eigenvalue weighted by Gasteiger charge is -2.16. The Labute approximate surface area is 113 Å². The number of hydrogen-bond donors (Lipinski definition) is 0. The van der Waals surface area contributed by atoms with E-state index in [1.165, 1.54) is 0 Å². The molecule has 18 heavy (non-hydrogen) atoms. The Bertz CT molecular complexity index is 486. The number of pyridine rings is 1. The fourth-order valence-corrected chi connectivity index (χ4v) is 2.22. The molecule has 2 rings (SSSR count). The fourth-order valence-electron chi connectivity index (χ4n) is 1.88. The minimum Gasteiger partial charge on any atom is -0.487 e. The number of carbonyl (C=O) groups is 1.